The fourth-order valence-electron chi connectivity index (χ4n) is 9.46. The number of aryl methyl sites for hydroxylation is 7. The number of rotatable bonds is 5. The fourth-order valence-corrected chi connectivity index (χ4v) is 9.46. The number of hydrogen-bond donors (Lipinski definition) is 0. The molecule has 0 fully saturated rings. The van der Waals surface area contributed by atoms with Crippen molar-refractivity contribution in [3.63, 3.8) is 0 Å². The van der Waals surface area contributed by atoms with E-state index in [2.05, 4.69) is 181 Å². The first-order chi connectivity index (χ1) is 27.7. The van der Waals surface area contributed by atoms with Crippen molar-refractivity contribution in [1.82, 2.24) is 0 Å². The molecule has 0 saturated heterocycles. The van der Waals surface area contributed by atoms with Crippen LogP contribution in [0.1, 0.15) is 108 Å². The van der Waals surface area contributed by atoms with Crippen molar-refractivity contribution < 1.29 is 52.9 Å². The van der Waals surface area contributed by atoms with E-state index in [9.17, 15) is 0 Å². The Morgan fingerprint density at radius 1 is 0.590 bits per heavy atom. The van der Waals surface area contributed by atoms with Crippen molar-refractivity contribution in [3.05, 3.63) is 146 Å². The largest absolute Gasteiger partial charge is 1.00 e. The first kappa shape index (κ1) is 50.4. The first-order valence-corrected chi connectivity index (χ1v) is 27.8. The van der Waals surface area contributed by atoms with Crippen LogP contribution in [0.25, 0.3) is 54.9 Å². The molecule has 0 radical (unpaired) electrons. The molecule has 1 nitrogen and oxygen atoms in total. The van der Waals surface area contributed by atoms with E-state index in [0.29, 0.717) is 5.92 Å². The van der Waals surface area contributed by atoms with Crippen molar-refractivity contribution in [2.75, 3.05) is 7.11 Å². The van der Waals surface area contributed by atoms with E-state index in [4.69, 9.17) is 4.74 Å². The van der Waals surface area contributed by atoms with Gasteiger partial charge in [-0.3, -0.25) is 0 Å². The van der Waals surface area contributed by atoms with Gasteiger partial charge in [0.05, 0.1) is 7.11 Å². The van der Waals surface area contributed by atoms with Gasteiger partial charge in [-0.05, 0) is 94.4 Å². The Hall–Kier alpha value is -3.20. The minimum absolute atomic E-state index is 0. The third-order valence-electron chi connectivity index (χ3n) is 11.6. The van der Waals surface area contributed by atoms with Crippen LogP contribution < -0.4 is 29.6 Å². The predicted octanol–water partition coefficient (Wildman–Crippen LogP) is 9.99. The summed E-state index contributed by atoms with van der Waals surface area (Å²) in [5, 5.41) is 5.47. The maximum absolute atomic E-state index is 5.95. The smallest absolute Gasteiger partial charge is 0.0271 e. The Labute approximate surface area is 396 Å². The van der Waals surface area contributed by atoms with Gasteiger partial charge in [0.25, 0.3) is 0 Å². The van der Waals surface area contributed by atoms with Crippen LogP contribution in [0.2, 0.25) is 13.1 Å². The molecule has 0 N–H and O–H groups in total. The zero-order valence-electron chi connectivity index (χ0n) is 39.4. The minimum atomic E-state index is 0. The Morgan fingerprint density at radius 3 is 1.44 bits per heavy atom. The monoisotopic (exact) mass is 942 g/mol. The number of methoxy groups -OCH3 is 1. The summed E-state index contributed by atoms with van der Waals surface area (Å²) in [4.78, 5) is 0. The molecule has 1 aliphatic carbocycles. The number of ether oxygens (including phenoxy) is 1. The van der Waals surface area contributed by atoms with Crippen molar-refractivity contribution in [1.29, 1.82) is 0 Å². The summed E-state index contributed by atoms with van der Waals surface area (Å²) in [7, 11) is 1.79. The maximum atomic E-state index is 5.95. The van der Waals surface area contributed by atoms with Gasteiger partial charge in [-0.2, -0.15) is 12.1 Å². The summed E-state index contributed by atoms with van der Waals surface area (Å²) in [5.74, 6) is 1.53. The molecule has 0 saturated carbocycles. The van der Waals surface area contributed by atoms with Gasteiger partial charge >= 0.3 is 41.9 Å². The summed E-state index contributed by atoms with van der Waals surface area (Å²) >= 11 is 1.74. The van der Waals surface area contributed by atoms with Crippen LogP contribution in [0.4, 0.5) is 0 Å². The van der Waals surface area contributed by atoms with Crippen molar-refractivity contribution in [2.45, 2.75) is 127 Å². The van der Waals surface area contributed by atoms with Crippen molar-refractivity contribution in [2.24, 2.45) is 0 Å². The zero-order chi connectivity index (χ0) is 43.1. The van der Waals surface area contributed by atoms with Crippen LogP contribution >= 0.6 is 0 Å². The second-order valence-corrected chi connectivity index (χ2v) is 28.5. The molecule has 1 aliphatic rings. The Balaban J connectivity index is 0.000000246. The van der Waals surface area contributed by atoms with Crippen LogP contribution in [0.15, 0.2) is 84.9 Å². The van der Waals surface area contributed by atoms with Gasteiger partial charge in [0, 0.05) is 0 Å². The Morgan fingerprint density at radius 2 is 1.02 bits per heavy atom. The van der Waals surface area contributed by atoms with Crippen LogP contribution in [-0.2, 0) is 41.6 Å². The molecule has 7 aromatic carbocycles. The van der Waals surface area contributed by atoms with Crippen molar-refractivity contribution in [3.8, 4) is 39.1 Å². The minimum Gasteiger partial charge on any atom is -1.00 e. The molecule has 0 atom stereocenters. The number of halogens is 2. The van der Waals surface area contributed by atoms with E-state index >= 15 is 0 Å². The standard InChI is InChI=1S/C31H33.C23H27O.C2H6Si.2ClH.Zr/c1-18(2)23-16-28-29(17-23)31(25-14-21(5)11-22(6)15-25)27-9-7-8-26(27)30(28)24-12-19(3)10-20(4)13-24;1-14-8-15(2)11-18(10-14)21-19-12-16(3)9-17(19)13-20(22(21)24-7)23(4,5)6;1-3-2;;;/h10-18H,7-9H2,1-6H3;8-13H,1-7H3;1-2H3;2*1H;/q2*-1;;;;+2/p-2. The van der Waals surface area contributed by atoms with E-state index in [1.807, 2.05) is 0 Å². The topological polar surface area (TPSA) is 9.23 Å². The third kappa shape index (κ3) is 11.3. The van der Waals surface area contributed by atoms with Gasteiger partial charge in [-0.15, -0.1) is 50.9 Å². The molecule has 0 bridgehead atoms. The molecule has 0 unspecified atom stereocenters. The third-order valence-corrected chi connectivity index (χ3v) is 11.6. The van der Waals surface area contributed by atoms with E-state index in [1.165, 1.54) is 124 Å². The van der Waals surface area contributed by atoms with Gasteiger partial charge in [0.2, 0.25) is 0 Å². The predicted molar refractivity (Wildman–Crippen MR) is 257 cm³/mol. The van der Waals surface area contributed by atoms with Crippen LogP contribution in [0.3, 0.4) is 0 Å². The molecule has 5 heteroatoms. The van der Waals surface area contributed by atoms with Gasteiger partial charge in [-0.1, -0.05) is 157 Å². The Kier molecular flexibility index (Phi) is 17.0. The molecule has 8 rings (SSSR count). The number of benzene rings is 5. The second-order valence-electron chi connectivity index (χ2n) is 19.1. The summed E-state index contributed by atoms with van der Waals surface area (Å²) in [6.45, 7) is 31.4. The first-order valence-electron chi connectivity index (χ1n) is 21.6. The molecule has 7 aromatic rings. The fraction of sp³-hybridized carbons (Fsp3) is 0.357. The van der Waals surface area contributed by atoms with Crippen LogP contribution in [-0.4, -0.2) is 12.5 Å². The van der Waals surface area contributed by atoms with Gasteiger partial charge in [-0.25, -0.2) is 0 Å². The number of hydrogen-bond acceptors (Lipinski definition) is 1. The molecule has 61 heavy (non-hydrogen) atoms. The van der Waals surface area contributed by atoms with E-state index in [0.717, 1.165) is 5.75 Å². The number of fused-ring (bicyclic) bond motifs is 3. The summed E-state index contributed by atoms with van der Waals surface area (Å²) < 4.78 is 5.95. The summed E-state index contributed by atoms with van der Waals surface area (Å²) in [5.41, 5.74) is 23.6. The molecule has 0 aliphatic heterocycles. The van der Waals surface area contributed by atoms with E-state index in [-0.39, 0.29) is 35.7 Å². The molecule has 0 heterocycles. The Bertz CT molecular complexity index is 2540. The average molecular weight is 945 g/mol. The average Bonchev–Trinajstić information content (AvgIpc) is 3.86. The van der Waals surface area contributed by atoms with Crippen molar-refractivity contribution >= 4 is 27.0 Å². The van der Waals surface area contributed by atoms with Gasteiger partial charge < -0.3 is 29.6 Å². The molecular formula is C56H66Cl2OSiZr-2. The van der Waals surface area contributed by atoms with Crippen LogP contribution in [0.5, 0.6) is 5.75 Å². The van der Waals surface area contributed by atoms with E-state index in [1.54, 1.807) is 41.6 Å². The van der Waals surface area contributed by atoms with Crippen LogP contribution in [0, 0.1) is 48.5 Å². The van der Waals surface area contributed by atoms with Gasteiger partial charge in [0.15, 0.2) is 0 Å². The SMILES string of the molecule is COc1c(C(C)(C)C)cc2[cH-]c(C)cc2c1-c1cc(C)cc(C)c1.C[Si](C)=[Zr+2].Cc1cc(C)cc(-c2c3c(c(-c4cc(C)cc(C)c4)c4[cH-]c(C(C)C)cc24)CCC3)c1.[Cl-].[Cl-]. The molecular weight excluding hydrogens is 879 g/mol. The van der Waals surface area contributed by atoms with E-state index < -0.39 is 0 Å². The maximum Gasteiger partial charge on any atom is -0.0271 e. The zero-order valence-corrected chi connectivity index (χ0v) is 44.4. The summed E-state index contributed by atoms with van der Waals surface area (Å²) in [6.07, 6.45) is 3.63. The summed E-state index contributed by atoms with van der Waals surface area (Å²) in [6, 6.07) is 32.7. The second kappa shape index (κ2) is 20.5. The quantitative estimate of drug-likeness (QED) is 0.123. The normalized spacial score (nSPS) is 12.0. The molecule has 320 valence electrons. The molecule has 0 spiro atoms. The molecule has 0 amide bonds. The van der Waals surface area contributed by atoms with Gasteiger partial charge in [0.1, 0.15) is 5.75 Å². The molecule has 0 aromatic heterocycles.